The van der Waals surface area contributed by atoms with Crippen molar-refractivity contribution in [1.82, 2.24) is 0 Å². The Hall–Kier alpha value is -7.16. The fourth-order valence-electron chi connectivity index (χ4n) is 8.94. The van der Waals surface area contributed by atoms with E-state index in [1.165, 1.54) is 32.8 Å². The van der Waals surface area contributed by atoms with E-state index in [0.717, 1.165) is 67.0 Å². The van der Waals surface area contributed by atoms with Gasteiger partial charge in [0.1, 0.15) is 22.7 Å². The Morgan fingerprint density at radius 3 is 1.75 bits per heavy atom. The van der Waals surface area contributed by atoms with Gasteiger partial charge in [0.15, 0.2) is 0 Å². The summed E-state index contributed by atoms with van der Waals surface area (Å²) in [4.78, 5) is 0. The van der Waals surface area contributed by atoms with Crippen LogP contribution < -0.4 is 4.74 Å². The Labute approximate surface area is 319 Å². The molecule has 0 atom stereocenters. The molecule has 55 heavy (non-hydrogen) atoms. The summed E-state index contributed by atoms with van der Waals surface area (Å²) in [6, 6.07) is 73.7. The van der Waals surface area contributed by atoms with Crippen LogP contribution in [0.25, 0.3) is 66.1 Å². The number of ether oxygens (including phenoxy) is 1. The molecule has 11 rings (SSSR count). The summed E-state index contributed by atoms with van der Waals surface area (Å²) in [7, 11) is 0. The molecule has 2 nitrogen and oxygen atoms in total. The van der Waals surface area contributed by atoms with E-state index in [4.69, 9.17) is 9.15 Å². The first-order chi connectivity index (χ1) is 27.3. The fourth-order valence-corrected chi connectivity index (χ4v) is 8.94. The SMILES string of the molecule is c1ccc(C2(c3ccccc3)c3ccccc3Oc3cc(-c4cccc(-c5ccc(-c6cccc7oc8ccc9ccccc9c8c67)cc5)c4)ccc32)cc1. The molecule has 10 aromatic rings. The molecule has 1 aromatic heterocycles. The van der Waals surface area contributed by atoms with E-state index in [-0.39, 0.29) is 0 Å². The minimum absolute atomic E-state index is 0.533. The molecule has 0 amide bonds. The second kappa shape index (κ2) is 12.5. The van der Waals surface area contributed by atoms with E-state index in [2.05, 4.69) is 206 Å². The lowest BCUT2D eigenvalue weighted by atomic mass is 9.63. The maximum absolute atomic E-state index is 6.78. The molecule has 0 spiro atoms. The van der Waals surface area contributed by atoms with E-state index in [1.54, 1.807) is 0 Å². The first-order valence-electron chi connectivity index (χ1n) is 18.8. The first kappa shape index (κ1) is 31.4. The normalized spacial score (nSPS) is 13.0. The molecule has 0 unspecified atom stereocenters. The lowest BCUT2D eigenvalue weighted by molar-refractivity contribution is 0.435. The Bertz CT molecular complexity index is 3010. The molecule has 258 valence electrons. The quantitative estimate of drug-likeness (QED) is 0.178. The molecule has 1 aliphatic rings. The third-order valence-corrected chi connectivity index (χ3v) is 11.4. The molecule has 0 bridgehead atoms. The molecule has 0 saturated carbocycles. The van der Waals surface area contributed by atoms with E-state index in [0.29, 0.717) is 0 Å². The van der Waals surface area contributed by atoms with Crippen molar-refractivity contribution in [3.63, 3.8) is 0 Å². The minimum atomic E-state index is -0.533. The van der Waals surface area contributed by atoms with Crippen molar-refractivity contribution >= 4 is 32.7 Å². The number of hydrogen-bond acceptors (Lipinski definition) is 2. The smallest absolute Gasteiger partial charge is 0.136 e. The zero-order valence-electron chi connectivity index (χ0n) is 29.9. The molecule has 0 N–H and O–H groups in total. The van der Waals surface area contributed by atoms with Crippen LogP contribution in [0, 0.1) is 0 Å². The van der Waals surface area contributed by atoms with Gasteiger partial charge in [0.25, 0.3) is 0 Å². The van der Waals surface area contributed by atoms with Gasteiger partial charge in [0.2, 0.25) is 0 Å². The molecular weight excluding hydrogens is 669 g/mol. The van der Waals surface area contributed by atoms with Crippen molar-refractivity contribution in [3.05, 3.63) is 229 Å². The molecule has 0 aliphatic carbocycles. The largest absolute Gasteiger partial charge is 0.457 e. The number of fused-ring (bicyclic) bond motifs is 7. The second-order valence-electron chi connectivity index (χ2n) is 14.4. The minimum Gasteiger partial charge on any atom is -0.457 e. The van der Waals surface area contributed by atoms with Crippen molar-refractivity contribution in [2.75, 3.05) is 0 Å². The molecule has 9 aromatic carbocycles. The number of benzene rings is 9. The van der Waals surface area contributed by atoms with Crippen molar-refractivity contribution in [1.29, 1.82) is 0 Å². The highest BCUT2D eigenvalue weighted by Crippen LogP contribution is 2.55. The highest BCUT2D eigenvalue weighted by atomic mass is 16.5. The molecule has 1 aliphatic heterocycles. The molecule has 0 fully saturated rings. The third kappa shape index (κ3) is 4.89. The predicted molar refractivity (Wildman–Crippen MR) is 226 cm³/mol. The third-order valence-electron chi connectivity index (χ3n) is 11.4. The molecular formula is C53H34O2. The van der Waals surface area contributed by atoms with Gasteiger partial charge in [-0.3, -0.25) is 0 Å². The lowest BCUT2D eigenvalue weighted by Crippen LogP contribution is -2.34. The molecule has 2 heteroatoms. The van der Waals surface area contributed by atoms with Crippen LogP contribution in [-0.2, 0) is 5.41 Å². The van der Waals surface area contributed by atoms with Crippen LogP contribution in [0.2, 0.25) is 0 Å². The maximum atomic E-state index is 6.78. The Balaban J connectivity index is 0.991. The monoisotopic (exact) mass is 702 g/mol. The van der Waals surface area contributed by atoms with Crippen LogP contribution >= 0.6 is 0 Å². The van der Waals surface area contributed by atoms with Crippen molar-refractivity contribution in [2.24, 2.45) is 0 Å². The summed E-state index contributed by atoms with van der Waals surface area (Å²) in [5.41, 5.74) is 12.9. The van der Waals surface area contributed by atoms with E-state index in [1.807, 2.05) is 0 Å². The molecule has 0 saturated heterocycles. The summed E-state index contributed by atoms with van der Waals surface area (Å²) in [6.07, 6.45) is 0. The standard InChI is InChI=1S/C53H34O2/c1-3-16-41(17-4-1)53(42-18-5-2-6-19-42)45-22-9-10-23-47(45)54-50-34-40(29-31-46(50)53)39-15-11-14-38(33-39)35-25-27-37(28-26-35)44-21-12-24-48-51(44)52-43-20-8-7-13-36(43)30-32-49(52)55-48/h1-34H. The van der Waals surface area contributed by atoms with Gasteiger partial charge in [-0.15, -0.1) is 0 Å². The van der Waals surface area contributed by atoms with Crippen molar-refractivity contribution < 1.29 is 9.15 Å². The van der Waals surface area contributed by atoms with Crippen LogP contribution in [0.4, 0.5) is 0 Å². The topological polar surface area (TPSA) is 22.4 Å². The molecule has 2 heterocycles. The predicted octanol–water partition coefficient (Wildman–Crippen LogP) is 14.2. The number of furan rings is 1. The fraction of sp³-hybridized carbons (Fsp3) is 0.0189. The van der Waals surface area contributed by atoms with Gasteiger partial charge >= 0.3 is 0 Å². The Kier molecular flexibility index (Phi) is 7.11. The van der Waals surface area contributed by atoms with E-state index in [9.17, 15) is 0 Å². The first-order valence-corrected chi connectivity index (χ1v) is 18.8. The summed E-state index contributed by atoms with van der Waals surface area (Å²) < 4.78 is 13.1. The lowest BCUT2D eigenvalue weighted by Gasteiger charge is -2.41. The highest BCUT2D eigenvalue weighted by molar-refractivity contribution is 6.22. The molecule has 0 radical (unpaired) electrons. The maximum Gasteiger partial charge on any atom is 0.136 e. The van der Waals surface area contributed by atoms with Gasteiger partial charge in [-0.2, -0.15) is 0 Å². The zero-order valence-corrected chi connectivity index (χ0v) is 29.9. The van der Waals surface area contributed by atoms with Gasteiger partial charge in [-0.25, -0.2) is 0 Å². The van der Waals surface area contributed by atoms with Gasteiger partial charge in [-0.1, -0.05) is 176 Å². The van der Waals surface area contributed by atoms with Crippen LogP contribution in [0.1, 0.15) is 22.3 Å². The second-order valence-corrected chi connectivity index (χ2v) is 14.4. The van der Waals surface area contributed by atoms with Crippen LogP contribution in [0.5, 0.6) is 11.5 Å². The van der Waals surface area contributed by atoms with Crippen LogP contribution in [-0.4, -0.2) is 0 Å². The zero-order chi connectivity index (χ0) is 36.3. The van der Waals surface area contributed by atoms with E-state index >= 15 is 0 Å². The summed E-state index contributed by atoms with van der Waals surface area (Å²) in [5.74, 6) is 1.74. The summed E-state index contributed by atoms with van der Waals surface area (Å²) >= 11 is 0. The Morgan fingerprint density at radius 1 is 0.345 bits per heavy atom. The highest BCUT2D eigenvalue weighted by Gasteiger charge is 2.45. The number of para-hydroxylation sites is 1. The van der Waals surface area contributed by atoms with Crippen molar-refractivity contribution in [3.8, 4) is 44.9 Å². The average molecular weight is 703 g/mol. The van der Waals surface area contributed by atoms with Gasteiger partial charge in [-0.05, 0) is 85.6 Å². The van der Waals surface area contributed by atoms with Crippen LogP contribution in [0.3, 0.4) is 0 Å². The van der Waals surface area contributed by atoms with Gasteiger partial charge < -0.3 is 9.15 Å². The summed E-state index contributed by atoms with van der Waals surface area (Å²) in [6.45, 7) is 0. The van der Waals surface area contributed by atoms with Crippen molar-refractivity contribution in [2.45, 2.75) is 5.41 Å². The number of hydrogen-bond donors (Lipinski definition) is 0. The van der Waals surface area contributed by atoms with Crippen LogP contribution in [0.15, 0.2) is 211 Å². The van der Waals surface area contributed by atoms with Gasteiger partial charge in [0, 0.05) is 21.9 Å². The van der Waals surface area contributed by atoms with Gasteiger partial charge in [0.05, 0.1) is 5.41 Å². The Morgan fingerprint density at radius 2 is 0.945 bits per heavy atom. The average Bonchev–Trinajstić information content (AvgIpc) is 3.66. The summed E-state index contributed by atoms with van der Waals surface area (Å²) in [5, 5.41) is 4.75. The number of rotatable bonds is 5. The van der Waals surface area contributed by atoms with E-state index < -0.39 is 5.41 Å².